The first-order valence-electron chi connectivity index (χ1n) is 28.4. The minimum atomic E-state index is -0.794. The highest BCUT2D eigenvalue weighted by Crippen LogP contribution is 2.18. The Morgan fingerprint density at radius 3 is 1.28 bits per heavy atom. The van der Waals surface area contributed by atoms with Crippen molar-refractivity contribution >= 4 is 11.9 Å². The van der Waals surface area contributed by atoms with E-state index in [0.29, 0.717) is 19.3 Å². The van der Waals surface area contributed by atoms with E-state index in [2.05, 4.69) is 74.7 Å². The molecule has 3 unspecified atom stereocenters. The van der Waals surface area contributed by atoms with Gasteiger partial charge in [-0.2, -0.15) is 0 Å². The molecule has 0 aromatic heterocycles. The third kappa shape index (κ3) is 48.1. The summed E-state index contributed by atoms with van der Waals surface area (Å²) in [7, 11) is 0. The Bertz CT molecular complexity index is 1110. The minimum Gasteiger partial charge on any atom is -0.462 e. The summed E-state index contributed by atoms with van der Waals surface area (Å²) >= 11 is 0. The van der Waals surface area contributed by atoms with Crippen LogP contribution >= 0.6 is 0 Å². The third-order valence-corrected chi connectivity index (χ3v) is 12.9. The first-order chi connectivity index (χ1) is 32.0. The van der Waals surface area contributed by atoms with E-state index in [1.807, 2.05) is 0 Å². The van der Waals surface area contributed by atoms with Crippen LogP contribution in [0, 0.1) is 0 Å². The summed E-state index contributed by atoms with van der Waals surface area (Å²) in [5.74, 6) is -0.489. The van der Waals surface area contributed by atoms with E-state index in [-0.39, 0.29) is 24.9 Å². The lowest BCUT2D eigenvalue weighted by Gasteiger charge is -2.24. The van der Waals surface area contributed by atoms with Crippen molar-refractivity contribution in [3.8, 4) is 0 Å². The SMILES string of the molecule is CC/C=C/C/C=C/C/C=C/CCCCCCC(CC(=O)NC(CO)C(O)CCCCCCCCCCCCCCC)OC(=O)CCCCCCCCCCC/C=C/CCCCCCCC. The molecule has 0 heterocycles. The monoisotopic (exact) mass is 912 g/mol. The normalized spacial score (nSPS) is 13.5. The summed E-state index contributed by atoms with van der Waals surface area (Å²) in [5.41, 5.74) is 0. The molecule has 0 radical (unpaired) electrons. The molecule has 380 valence electrons. The average molecular weight is 913 g/mol. The molecule has 0 spiro atoms. The van der Waals surface area contributed by atoms with E-state index in [1.54, 1.807) is 0 Å². The van der Waals surface area contributed by atoms with Gasteiger partial charge in [0, 0.05) is 6.42 Å². The Kier molecular flexibility index (Phi) is 51.0. The van der Waals surface area contributed by atoms with Crippen molar-refractivity contribution in [3.05, 3.63) is 48.6 Å². The van der Waals surface area contributed by atoms with Crippen LogP contribution in [0.4, 0.5) is 0 Å². The second-order valence-electron chi connectivity index (χ2n) is 19.3. The molecular weight excluding hydrogens is 803 g/mol. The van der Waals surface area contributed by atoms with Gasteiger partial charge in [-0.25, -0.2) is 0 Å². The number of carbonyl (C=O) groups is 2. The Morgan fingerprint density at radius 1 is 0.462 bits per heavy atom. The van der Waals surface area contributed by atoms with Crippen molar-refractivity contribution in [2.24, 2.45) is 0 Å². The largest absolute Gasteiger partial charge is 0.462 e. The number of aliphatic hydroxyl groups is 2. The van der Waals surface area contributed by atoms with E-state index in [0.717, 1.165) is 89.9 Å². The lowest BCUT2D eigenvalue weighted by molar-refractivity contribution is -0.151. The average Bonchev–Trinajstić information content (AvgIpc) is 3.30. The molecule has 0 aromatic rings. The molecule has 0 aromatic carbocycles. The maximum atomic E-state index is 13.2. The van der Waals surface area contributed by atoms with Crippen molar-refractivity contribution in [1.29, 1.82) is 0 Å². The van der Waals surface area contributed by atoms with Crippen LogP contribution in [0.25, 0.3) is 0 Å². The smallest absolute Gasteiger partial charge is 0.306 e. The molecule has 65 heavy (non-hydrogen) atoms. The molecule has 3 atom stereocenters. The Labute approximate surface area is 404 Å². The van der Waals surface area contributed by atoms with Gasteiger partial charge in [-0.15, -0.1) is 0 Å². The molecule has 0 aliphatic rings. The van der Waals surface area contributed by atoms with Gasteiger partial charge in [0.2, 0.25) is 5.91 Å². The number of hydrogen-bond donors (Lipinski definition) is 3. The van der Waals surface area contributed by atoms with E-state index in [4.69, 9.17) is 4.74 Å². The minimum absolute atomic E-state index is 0.0632. The lowest BCUT2D eigenvalue weighted by atomic mass is 10.0. The fourth-order valence-electron chi connectivity index (χ4n) is 8.62. The summed E-state index contributed by atoms with van der Waals surface area (Å²) in [6, 6.07) is -0.709. The van der Waals surface area contributed by atoms with E-state index < -0.39 is 18.2 Å². The number of aliphatic hydroxyl groups excluding tert-OH is 2. The first-order valence-corrected chi connectivity index (χ1v) is 28.4. The molecule has 0 aliphatic carbocycles. The van der Waals surface area contributed by atoms with Crippen LogP contribution in [0.1, 0.15) is 290 Å². The summed E-state index contributed by atoms with van der Waals surface area (Å²) in [6.07, 6.45) is 64.6. The van der Waals surface area contributed by atoms with Crippen LogP contribution in [0.15, 0.2) is 48.6 Å². The van der Waals surface area contributed by atoms with Crippen molar-refractivity contribution in [2.75, 3.05) is 6.61 Å². The molecule has 0 rings (SSSR count). The van der Waals surface area contributed by atoms with Crippen LogP contribution in [-0.4, -0.2) is 46.9 Å². The fourth-order valence-corrected chi connectivity index (χ4v) is 8.62. The third-order valence-electron chi connectivity index (χ3n) is 12.9. The number of esters is 1. The maximum Gasteiger partial charge on any atom is 0.306 e. The second-order valence-corrected chi connectivity index (χ2v) is 19.3. The van der Waals surface area contributed by atoms with Crippen LogP contribution in [0.5, 0.6) is 0 Å². The van der Waals surface area contributed by atoms with Gasteiger partial charge in [0.1, 0.15) is 6.10 Å². The van der Waals surface area contributed by atoms with E-state index in [1.165, 1.54) is 154 Å². The number of hydrogen-bond acceptors (Lipinski definition) is 5. The zero-order valence-electron chi connectivity index (χ0n) is 43.4. The van der Waals surface area contributed by atoms with Crippen LogP contribution in [0.2, 0.25) is 0 Å². The fraction of sp³-hybridized carbons (Fsp3) is 0.831. The molecule has 1 amide bonds. The molecular formula is C59H109NO5. The first kappa shape index (κ1) is 62.8. The highest BCUT2D eigenvalue weighted by atomic mass is 16.5. The topological polar surface area (TPSA) is 95.9 Å². The van der Waals surface area contributed by atoms with Gasteiger partial charge in [-0.05, 0) is 83.5 Å². The van der Waals surface area contributed by atoms with Crippen molar-refractivity contribution < 1.29 is 24.5 Å². The molecule has 6 heteroatoms. The summed E-state index contributed by atoms with van der Waals surface area (Å²) in [6.45, 7) is 6.38. The Balaban J connectivity index is 4.54. The van der Waals surface area contributed by atoms with Gasteiger partial charge < -0.3 is 20.3 Å². The number of carbonyl (C=O) groups excluding carboxylic acids is 2. The number of nitrogens with one attached hydrogen (secondary N) is 1. The van der Waals surface area contributed by atoms with Gasteiger partial charge in [0.25, 0.3) is 0 Å². The summed E-state index contributed by atoms with van der Waals surface area (Å²) < 4.78 is 5.95. The van der Waals surface area contributed by atoms with Crippen molar-refractivity contribution in [3.63, 3.8) is 0 Å². The van der Waals surface area contributed by atoms with Gasteiger partial charge in [0.15, 0.2) is 0 Å². The predicted octanol–water partition coefficient (Wildman–Crippen LogP) is 17.4. The number of unbranched alkanes of at least 4 members (excludes halogenated alkanes) is 31. The molecule has 6 nitrogen and oxygen atoms in total. The summed E-state index contributed by atoms with van der Waals surface area (Å²) in [5, 5.41) is 23.8. The molecule has 0 bridgehead atoms. The van der Waals surface area contributed by atoms with Gasteiger partial charge in [-0.1, -0.05) is 243 Å². The maximum absolute atomic E-state index is 13.2. The Hall–Kier alpha value is -2.18. The highest BCUT2D eigenvalue weighted by Gasteiger charge is 2.24. The molecule has 3 N–H and O–H groups in total. The highest BCUT2D eigenvalue weighted by molar-refractivity contribution is 5.77. The standard InChI is InChI=1S/C59H109NO5/c1-4-7-10-13-16-19-22-25-27-28-29-30-31-34-37-40-43-46-49-52-59(64)65-55(50-47-44-41-38-35-33-26-23-20-17-14-11-8-5-2)53-58(63)60-56(54-61)57(62)51-48-45-42-39-36-32-24-21-18-15-12-9-6-3/h8,11,17,20,25-27,33,55-57,61-62H,4-7,9-10,12-16,18-19,21-24,28-32,34-54H2,1-3H3,(H,60,63)/b11-8+,20-17+,27-25+,33-26+. The summed E-state index contributed by atoms with van der Waals surface area (Å²) in [4.78, 5) is 26.2. The molecule has 0 saturated heterocycles. The zero-order valence-corrected chi connectivity index (χ0v) is 43.4. The van der Waals surface area contributed by atoms with Gasteiger partial charge in [0.05, 0.1) is 25.2 Å². The quantitative estimate of drug-likeness (QED) is 0.0321. The molecule has 0 saturated carbocycles. The lowest BCUT2D eigenvalue weighted by Crippen LogP contribution is -2.46. The van der Waals surface area contributed by atoms with E-state index in [9.17, 15) is 19.8 Å². The predicted molar refractivity (Wildman–Crippen MR) is 282 cm³/mol. The Morgan fingerprint density at radius 2 is 0.831 bits per heavy atom. The van der Waals surface area contributed by atoms with Gasteiger partial charge >= 0.3 is 5.97 Å². The zero-order chi connectivity index (χ0) is 47.4. The number of amides is 1. The van der Waals surface area contributed by atoms with Gasteiger partial charge in [-0.3, -0.25) is 9.59 Å². The molecule has 0 fully saturated rings. The van der Waals surface area contributed by atoms with Crippen molar-refractivity contribution in [1.82, 2.24) is 5.32 Å². The number of ether oxygens (including phenoxy) is 1. The number of allylic oxidation sites excluding steroid dienone is 8. The van der Waals surface area contributed by atoms with E-state index >= 15 is 0 Å². The molecule has 0 aliphatic heterocycles. The van der Waals surface area contributed by atoms with Crippen molar-refractivity contribution in [2.45, 2.75) is 309 Å². The van der Waals surface area contributed by atoms with Crippen LogP contribution < -0.4 is 5.32 Å². The second kappa shape index (κ2) is 52.8. The van der Waals surface area contributed by atoms with Crippen LogP contribution in [0.3, 0.4) is 0 Å². The van der Waals surface area contributed by atoms with Crippen LogP contribution in [-0.2, 0) is 14.3 Å². The number of rotatable bonds is 51.